The molecule has 1 fully saturated rings. The number of benzene rings is 1. The first kappa shape index (κ1) is 19.4. The van der Waals surface area contributed by atoms with Gasteiger partial charge in [0.2, 0.25) is 11.8 Å². The summed E-state index contributed by atoms with van der Waals surface area (Å²) < 4.78 is 30.1. The summed E-state index contributed by atoms with van der Waals surface area (Å²) in [5, 5.41) is 3.28. The second-order valence-electron chi connectivity index (χ2n) is 6.77. The van der Waals surface area contributed by atoms with E-state index in [1.54, 1.807) is 24.4 Å². The molecule has 0 radical (unpaired) electrons. The maximum Gasteiger partial charge on any atom is 0.226 e. The summed E-state index contributed by atoms with van der Waals surface area (Å²) in [6, 6.07) is 11.5. The van der Waals surface area contributed by atoms with Gasteiger partial charge in [-0.15, -0.1) is 0 Å². The molecule has 1 saturated heterocycles. The molecule has 0 aliphatic carbocycles. The van der Waals surface area contributed by atoms with E-state index in [4.69, 9.17) is 13.9 Å². The topological polar surface area (TPSA) is 72.7 Å². The number of ether oxygens (including phenoxy) is 2. The average molecular weight is 398 g/mol. The van der Waals surface area contributed by atoms with Crippen molar-refractivity contribution in [3.05, 3.63) is 66.0 Å². The van der Waals surface area contributed by atoms with Crippen molar-refractivity contribution in [3.63, 3.8) is 0 Å². The fraction of sp³-hybridized carbons (Fsp3) is 0.333. The monoisotopic (exact) mass is 398 g/mol. The minimum absolute atomic E-state index is 0.0397. The van der Waals surface area contributed by atoms with Gasteiger partial charge in [0, 0.05) is 31.9 Å². The number of halogens is 1. The van der Waals surface area contributed by atoms with Crippen LogP contribution in [-0.4, -0.2) is 47.7 Å². The third-order valence-electron chi connectivity index (χ3n) is 4.70. The summed E-state index contributed by atoms with van der Waals surface area (Å²) in [5.41, 5.74) is 0. The van der Waals surface area contributed by atoms with Crippen molar-refractivity contribution in [1.82, 2.24) is 14.9 Å². The van der Waals surface area contributed by atoms with Gasteiger partial charge < -0.3 is 19.2 Å². The van der Waals surface area contributed by atoms with Gasteiger partial charge in [0.25, 0.3) is 0 Å². The normalized spacial score (nSPS) is 15.8. The van der Waals surface area contributed by atoms with Gasteiger partial charge in [-0.2, -0.15) is 4.98 Å². The summed E-state index contributed by atoms with van der Waals surface area (Å²) in [7, 11) is 0. The second kappa shape index (κ2) is 9.02. The molecule has 2 aromatic heterocycles. The fourth-order valence-corrected chi connectivity index (χ4v) is 3.23. The molecule has 1 aliphatic heterocycles. The van der Waals surface area contributed by atoms with E-state index in [0.29, 0.717) is 37.3 Å². The summed E-state index contributed by atoms with van der Waals surface area (Å²) in [6.07, 6.45) is 1.62. The molecule has 152 valence electrons. The van der Waals surface area contributed by atoms with E-state index in [1.165, 1.54) is 12.1 Å². The van der Waals surface area contributed by atoms with Crippen LogP contribution in [0.25, 0.3) is 0 Å². The lowest BCUT2D eigenvalue weighted by Crippen LogP contribution is -2.41. The average Bonchev–Trinajstić information content (AvgIpc) is 3.17. The smallest absolute Gasteiger partial charge is 0.226 e. The van der Waals surface area contributed by atoms with Crippen molar-refractivity contribution in [2.45, 2.75) is 13.0 Å². The third-order valence-corrected chi connectivity index (χ3v) is 4.70. The maximum absolute atomic E-state index is 13.0. The van der Waals surface area contributed by atoms with Crippen molar-refractivity contribution >= 4 is 5.95 Å². The Morgan fingerprint density at radius 1 is 1.14 bits per heavy atom. The molecule has 1 aliphatic rings. The van der Waals surface area contributed by atoms with Gasteiger partial charge in [-0.25, -0.2) is 9.37 Å². The van der Waals surface area contributed by atoms with E-state index in [-0.39, 0.29) is 11.9 Å². The summed E-state index contributed by atoms with van der Waals surface area (Å²) in [5.74, 6) is 2.80. The first-order chi connectivity index (χ1) is 14.2. The summed E-state index contributed by atoms with van der Waals surface area (Å²) in [4.78, 5) is 11.0. The molecule has 0 bridgehead atoms. The number of hydrogen-bond donors (Lipinski definition) is 1. The van der Waals surface area contributed by atoms with Gasteiger partial charge in [0.05, 0.1) is 19.3 Å². The second-order valence-corrected chi connectivity index (χ2v) is 6.77. The fourth-order valence-electron chi connectivity index (χ4n) is 3.23. The Morgan fingerprint density at radius 2 is 1.93 bits per heavy atom. The van der Waals surface area contributed by atoms with Crippen LogP contribution in [0, 0.1) is 12.7 Å². The van der Waals surface area contributed by atoms with Crippen LogP contribution in [0.1, 0.15) is 17.6 Å². The van der Waals surface area contributed by atoms with Crippen molar-refractivity contribution < 1.29 is 18.3 Å². The van der Waals surface area contributed by atoms with Crippen LogP contribution in [0.4, 0.5) is 10.3 Å². The van der Waals surface area contributed by atoms with Crippen molar-refractivity contribution in [1.29, 1.82) is 0 Å². The number of morpholine rings is 1. The zero-order valence-corrected chi connectivity index (χ0v) is 16.2. The number of furan rings is 1. The van der Waals surface area contributed by atoms with Crippen LogP contribution in [0.2, 0.25) is 0 Å². The minimum atomic E-state index is -0.315. The highest BCUT2D eigenvalue weighted by atomic mass is 19.1. The molecule has 0 amide bonds. The predicted octanol–water partition coefficient (Wildman–Crippen LogP) is 3.79. The Hall–Kier alpha value is -2.97. The van der Waals surface area contributed by atoms with Crippen LogP contribution in [0.3, 0.4) is 0 Å². The van der Waals surface area contributed by atoms with E-state index in [2.05, 4.69) is 20.2 Å². The Bertz CT molecular complexity index is 926. The quantitative estimate of drug-likeness (QED) is 0.649. The first-order valence-corrected chi connectivity index (χ1v) is 9.56. The molecule has 3 aromatic rings. The zero-order chi connectivity index (χ0) is 20.1. The molecule has 0 saturated carbocycles. The molecule has 1 aromatic carbocycles. The molecular formula is C21H23FN4O3. The molecule has 1 atom stereocenters. The van der Waals surface area contributed by atoms with E-state index in [9.17, 15) is 4.39 Å². The number of aryl methyl sites for hydroxylation is 1. The number of hydrogen-bond acceptors (Lipinski definition) is 7. The highest BCUT2D eigenvalue weighted by Gasteiger charge is 2.25. The predicted molar refractivity (Wildman–Crippen MR) is 106 cm³/mol. The largest absolute Gasteiger partial charge is 0.465 e. The Morgan fingerprint density at radius 3 is 2.66 bits per heavy atom. The molecule has 29 heavy (non-hydrogen) atoms. The third kappa shape index (κ3) is 5.10. The van der Waals surface area contributed by atoms with Gasteiger partial charge in [-0.3, -0.25) is 4.90 Å². The molecule has 7 nitrogen and oxygen atoms in total. The first-order valence-electron chi connectivity index (χ1n) is 9.56. The van der Waals surface area contributed by atoms with Crippen molar-refractivity contribution in [2.24, 2.45) is 0 Å². The Balaban J connectivity index is 1.44. The number of nitrogens with zero attached hydrogens (tertiary/aromatic N) is 3. The van der Waals surface area contributed by atoms with Crippen LogP contribution in [0.5, 0.6) is 11.6 Å². The van der Waals surface area contributed by atoms with Crippen molar-refractivity contribution in [3.8, 4) is 11.6 Å². The molecular weight excluding hydrogens is 375 g/mol. The lowest BCUT2D eigenvalue weighted by atomic mass is 10.1. The van der Waals surface area contributed by atoms with Crippen LogP contribution in [0.15, 0.2) is 53.1 Å². The van der Waals surface area contributed by atoms with E-state index in [1.807, 2.05) is 19.1 Å². The zero-order valence-electron chi connectivity index (χ0n) is 16.2. The van der Waals surface area contributed by atoms with Crippen LogP contribution in [-0.2, 0) is 4.74 Å². The number of aromatic nitrogens is 2. The Kier molecular flexibility index (Phi) is 6.02. The van der Waals surface area contributed by atoms with Gasteiger partial charge in [0.1, 0.15) is 23.1 Å². The lowest BCUT2D eigenvalue weighted by molar-refractivity contribution is 0.0143. The molecule has 1 unspecified atom stereocenters. The van der Waals surface area contributed by atoms with E-state index >= 15 is 0 Å². The molecule has 4 rings (SSSR count). The Labute approximate surface area is 168 Å². The highest BCUT2D eigenvalue weighted by Crippen LogP contribution is 2.25. The summed E-state index contributed by atoms with van der Waals surface area (Å²) >= 11 is 0. The SMILES string of the molecule is Cc1ccc(C(CNc2nccc(Oc3ccc(F)cc3)n2)N2CCOCC2)o1. The summed E-state index contributed by atoms with van der Waals surface area (Å²) in [6.45, 7) is 5.59. The highest BCUT2D eigenvalue weighted by molar-refractivity contribution is 5.32. The van der Waals surface area contributed by atoms with Gasteiger partial charge >= 0.3 is 0 Å². The van der Waals surface area contributed by atoms with Gasteiger partial charge in [-0.05, 0) is 43.3 Å². The van der Waals surface area contributed by atoms with Crippen LogP contribution < -0.4 is 10.1 Å². The van der Waals surface area contributed by atoms with Gasteiger partial charge in [-0.1, -0.05) is 0 Å². The van der Waals surface area contributed by atoms with Gasteiger partial charge in [0.15, 0.2) is 0 Å². The number of nitrogens with one attached hydrogen (secondary N) is 1. The standard InChI is InChI=1S/C21H23FN4O3/c1-15-2-7-19(28-15)18(26-10-12-27-13-11-26)14-24-21-23-9-8-20(25-21)29-17-5-3-16(22)4-6-17/h2-9,18H,10-14H2,1H3,(H,23,24,25). The van der Waals surface area contributed by atoms with E-state index < -0.39 is 0 Å². The minimum Gasteiger partial charge on any atom is -0.465 e. The lowest BCUT2D eigenvalue weighted by Gasteiger charge is -2.33. The van der Waals surface area contributed by atoms with Crippen LogP contribution >= 0.6 is 0 Å². The molecule has 1 N–H and O–H groups in total. The van der Waals surface area contributed by atoms with E-state index in [0.717, 1.165) is 24.6 Å². The van der Waals surface area contributed by atoms with Crippen molar-refractivity contribution in [2.75, 3.05) is 38.2 Å². The number of anilines is 1. The number of rotatable bonds is 7. The molecule has 3 heterocycles. The molecule has 0 spiro atoms. The maximum atomic E-state index is 13.0. The molecule has 8 heteroatoms.